The van der Waals surface area contributed by atoms with Crippen LogP contribution < -0.4 is 14.8 Å². The zero-order chi connectivity index (χ0) is 15.2. The monoisotopic (exact) mass is 303 g/mol. The van der Waals surface area contributed by atoms with Gasteiger partial charge in [-0.3, -0.25) is 0 Å². The van der Waals surface area contributed by atoms with Crippen molar-refractivity contribution in [1.82, 2.24) is 5.32 Å². The molecule has 3 rings (SSSR count). The fourth-order valence-electron chi connectivity index (χ4n) is 3.52. The highest BCUT2D eigenvalue weighted by molar-refractivity contribution is 5.39. The molecule has 1 heterocycles. The maximum Gasteiger partial charge on any atom is 0.161 e. The van der Waals surface area contributed by atoms with Crippen molar-refractivity contribution in [3.05, 3.63) is 24.3 Å². The zero-order valence-corrected chi connectivity index (χ0v) is 13.7. The number of ether oxygens (including phenoxy) is 2. The molecule has 0 radical (unpaired) electrons. The fourth-order valence-corrected chi connectivity index (χ4v) is 3.52. The SMILES string of the molecule is CC1CNCCCC1Oc1ccccc1OC1CCCCC1. The van der Waals surface area contributed by atoms with E-state index in [2.05, 4.69) is 24.4 Å². The van der Waals surface area contributed by atoms with Crippen molar-refractivity contribution in [1.29, 1.82) is 0 Å². The Morgan fingerprint density at radius 1 is 0.909 bits per heavy atom. The van der Waals surface area contributed by atoms with Gasteiger partial charge in [-0.1, -0.05) is 25.5 Å². The standard InChI is InChI=1S/C19H29NO2/c1-15-14-20-13-7-12-17(15)22-19-11-6-5-10-18(19)21-16-8-3-2-4-9-16/h5-6,10-11,15-17,20H,2-4,7-9,12-14H2,1H3. The Kier molecular flexibility index (Phi) is 5.60. The first-order valence-electron chi connectivity index (χ1n) is 8.96. The molecule has 3 nitrogen and oxygen atoms in total. The van der Waals surface area contributed by atoms with Gasteiger partial charge in [-0.05, 0) is 57.2 Å². The average Bonchev–Trinajstić information content (AvgIpc) is 2.75. The summed E-state index contributed by atoms with van der Waals surface area (Å²) >= 11 is 0. The molecular formula is C19H29NO2. The largest absolute Gasteiger partial charge is 0.487 e. The van der Waals surface area contributed by atoms with E-state index in [-0.39, 0.29) is 6.10 Å². The number of nitrogens with one attached hydrogen (secondary N) is 1. The Balaban J connectivity index is 1.67. The van der Waals surface area contributed by atoms with Crippen molar-refractivity contribution in [3.63, 3.8) is 0 Å². The topological polar surface area (TPSA) is 30.5 Å². The zero-order valence-electron chi connectivity index (χ0n) is 13.7. The summed E-state index contributed by atoms with van der Waals surface area (Å²) in [5.74, 6) is 2.39. The van der Waals surface area contributed by atoms with Gasteiger partial charge in [0.25, 0.3) is 0 Å². The van der Waals surface area contributed by atoms with Crippen LogP contribution in [0, 0.1) is 5.92 Å². The lowest BCUT2D eigenvalue weighted by Gasteiger charge is -2.27. The van der Waals surface area contributed by atoms with Gasteiger partial charge in [0.2, 0.25) is 0 Å². The number of hydrogen-bond acceptors (Lipinski definition) is 3. The highest BCUT2D eigenvalue weighted by Crippen LogP contribution is 2.33. The minimum Gasteiger partial charge on any atom is -0.487 e. The lowest BCUT2D eigenvalue weighted by atomic mass is 9.98. The van der Waals surface area contributed by atoms with E-state index in [4.69, 9.17) is 9.47 Å². The molecule has 1 aromatic rings. The van der Waals surface area contributed by atoms with E-state index in [0.717, 1.165) is 31.0 Å². The Hall–Kier alpha value is -1.22. The Bertz CT molecular complexity index is 457. The smallest absolute Gasteiger partial charge is 0.161 e. The number of para-hydroxylation sites is 2. The predicted octanol–water partition coefficient (Wildman–Crippen LogP) is 4.17. The Morgan fingerprint density at radius 3 is 2.41 bits per heavy atom. The summed E-state index contributed by atoms with van der Waals surface area (Å²) in [5, 5.41) is 3.48. The highest BCUT2D eigenvalue weighted by atomic mass is 16.5. The van der Waals surface area contributed by atoms with E-state index in [1.54, 1.807) is 0 Å². The molecule has 3 heteroatoms. The Morgan fingerprint density at radius 2 is 1.64 bits per heavy atom. The molecule has 1 saturated heterocycles. The molecule has 1 aliphatic heterocycles. The van der Waals surface area contributed by atoms with Gasteiger partial charge in [-0.25, -0.2) is 0 Å². The molecule has 1 aliphatic carbocycles. The minimum atomic E-state index is 0.283. The van der Waals surface area contributed by atoms with Gasteiger partial charge in [0.05, 0.1) is 6.10 Å². The third-order valence-corrected chi connectivity index (χ3v) is 4.92. The second kappa shape index (κ2) is 7.87. The summed E-state index contributed by atoms with van der Waals surface area (Å²) in [7, 11) is 0. The maximum atomic E-state index is 6.36. The van der Waals surface area contributed by atoms with Crippen LogP contribution in [0.2, 0.25) is 0 Å². The first kappa shape index (κ1) is 15.7. The number of rotatable bonds is 4. The van der Waals surface area contributed by atoms with Crippen molar-refractivity contribution < 1.29 is 9.47 Å². The van der Waals surface area contributed by atoms with Crippen LogP contribution in [-0.2, 0) is 0 Å². The van der Waals surface area contributed by atoms with Gasteiger partial charge < -0.3 is 14.8 Å². The van der Waals surface area contributed by atoms with E-state index >= 15 is 0 Å². The third-order valence-electron chi connectivity index (χ3n) is 4.92. The fraction of sp³-hybridized carbons (Fsp3) is 0.684. The molecule has 1 saturated carbocycles. The third kappa shape index (κ3) is 4.16. The van der Waals surface area contributed by atoms with Crippen LogP contribution in [-0.4, -0.2) is 25.3 Å². The molecule has 1 aromatic carbocycles. The van der Waals surface area contributed by atoms with Crippen LogP contribution in [0.4, 0.5) is 0 Å². The summed E-state index contributed by atoms with van der Waals surface area (Å²) in [6, 6.07) is 8.21. The molecule has 0 bridgehead atoms. The molecule has 122 valence electrons. The van der Waals surface area contributed by atoms with E-state index in [1.807, 2.05) is 12.1 Å². The van der Waals surface area contributed by atoms with Crippen molar-refractivity contribution in [2.45, 2.75) is 64.1 Å². The maximum absolute atomic E-state index is 6.36. The summed E-state index contributed by atoms with van der Waals surface area (Å²) in [4.78, 5) is 0. The predicted molar refractivity (Wildman–Crippen MR) is 89.6 cm³/mol. The first-order valence-corrected chi connectivity index (χ1v) is 8.96. The van der Waals surface area contributed by atoms with E-state index in [0.29, 0.717) is 12.0 Å². The van der Waals surface area contributed by atoms with Gasteiger partial charge in [0.15, 0.2) is 11.5 Å². The normalized spacial score (nSPS) is 27.1. The number of hydrogen-bond donors (Lipinski definition) is 1. The van der Waals surface area contributed by atoms with Gasteiger partial charge in [0.1, 0.15) is 6.10 Å². The average molecular weight is 303 g/mol. The lowest BCUT2D eigenvalue weighted by molar-refractivity contribution is 0.116. The summed E-state index contributed by atoms with van der Waals surface area (Å²) in [6.07, 6.45) is 9.24. The van der Waals surface area contributed by atoms with Crippen LogP contribution in [0.1, 0.15) is 51.9 Å². The van der Waals surface area contributed by atoms with Crippen molar-refractivity contribution in [2.75, 3.05) is 13.1 Å². The van der Waals surface area contributed by atoms with Crippen LogP contribution in [0.25, 0.3) is 0 Å². The van der Waals surface area contributed by atoms with Crippen LogP contribution in [0.5, 0.6) is 11.5 Å². The van der Waals surface area contributed by atoms with Crippen LogP contribution in [0.3, 0.4) is 0 Å². The number of benzene rings is 1. The molecule has 2 aliphatic rings. The van der Waals surface area contributed by atoms with Crippen molar-refractivity contribution in [3.8, 4) is 11.5 Å². The minimum absolute atomic E-state index is 0.283. The molecule has 0 spiro atoms. The van der Waals surface area contributed by atoms with Gasteiger partial charge in [-0.2, -0.15) is 0 Å². The van der Waals surface area contributed by atoms with E-state index < -0.39 is 0 Å². The summed E-state index contributed by atoms with van der Waals surface area (Å²) < 4.78 is 12.6. The van der Waals surface area contributed by atoms with E-state index in [9.17, 15) is 0 Å². The molecular weight excluding hydrogens is 274 g/mol. The van der Waals surface area contributed by atoms with Crippen molar-refractivity contribution in [2.24, 2.45) is 5.92 Å². The Labute approximate surface area is 134 Å². The summed E-state index contributed by atoms with van der Waals surface area (Å²) in [6.45, 7) is 4.41. The van der Waals surface area contributed by atoms with E-state index in [1.165, 1.54) is 38.5 Å². The molecule has 2 unspecified atom stereocenters. The lowest BCUT2D eigenvalue weighted by Crippen LogP contribution is -2.30. The summed E-state index contributed by atoms with van der Waals surface area (Å²) in [5.41, 5.74) is 0. The molecule has 22 heavy (non-hydrogen) atoms. The van der Waals surface area contributed by atoms with Crippen LogP contribution >= 0.6 is 0 Å². The molecule has 2 atom stereocenters. The first-order chi connectivity index (χ1) is 10.8. The molecule has 0 aromatic heterocycles. The van der Waals surface area contributed by atoms with Crippen molar-refractivity contribution >= 4 is 0 Å². The van der Waals surface area contributed by atoms with Gasteiger partial charge >= 0.3 is 0 Å². The quantitative estimate of drug-likeness (QED) is 0.905. The molecule has 1 N–H and O–H groups in total. The molecule has 0 amide bonds. The van der Waals surface area contributed by atoms with Gasteiger partial charge in [0, 0.05) is 12.5 Å². The second-order valence-corrected chi connectivity index (χ2v) is 6.80. The highest BCUT2D eigenvalue weighted by Gasteiger charge is 2.23. The van der Waals surface area contributed by atoms with Gasteiger partial charge in [-0.15, -0.1) is 0 Å². The molecule has 2 fully saturated rings. The second-order valence-electron chi connectivity index (χ2n) is 6.80. The van der Waals surface area contributed by atoms with Crippen LogP contribution in [0.15, 0.2) is 24.3 Å².